The maximum atomic E-state index is 9.98. The first-order valence-electron chi connectivity index (χ1n) is 6.86. The van der Waals surface area contributed by atoms with Gasteiger partial charge in [-0.3, -0.25) is 0 Å². The smallest absolute Gasteiger partial charge is 0.187 e. The second-order valence-electron chi connectivity index (χ2n) is 5.24. The van der Waals surface area contributed by atoms with Crippen LogP contribution in [0.1, 0.15) is 6.42 Å². The van der Waals surface area contributed by atoms with E-state index in [0.29, 0.717) is 6.42 Å². The Morgan fingerprint density at radius 1 is 0.857 bits per heavy atom. The van der Waals surface area contributed by atoms with Crippen molar-refractivity contribution in [1.82, 2.24) is 0 Å². The molecule has 0 radical (unpaired) electrons. The monoisotopic (exact) mass is 310 g/mol. The third-order valence-electron chi connectivity index (χ3n) is 3.83. The molecule has 2 aliphatic heterocycles. The minimum Gasteiger partial charge on any atom is -0.394 e. The molecular formula is C12H22O9. The normalized spacial score (nSPS) is 48.3. The fraction of sp³-hybridized carbons (Fsp3) is 1.00. The van der Waals surface area contributed by atoms with Gasteiger partial charge in [-0.1, -0.05) is 0 Å². The van der Waals surface area contributed by atoms with E-state index in [2.05, 4.69) is 0 Å². The molecule has 124 valence electrons. The average molecular weight is 310 g/mol. The van der Waals surface area contributed by atoms with Crippen LogP contribution in [-0.4, -0.2) is 99.5 Å². The molecule has 0 amide bonds. The van der Waals surface area contributed by atoms with Crippen LogP contribution in [0.25, 0.3) is 0 Å². The molecule has 9 heteroatoms. The predicted molar refractivity (Wildman–Crippen MR) is 66.1 cm³/mol. The van der Waals surface area contributed by atoms with Crippen molar-refractivity contribution in [2.75, 3.05) is 19.8 Å². The Kier molecular flexibility index (Phi) is 5.88. The lowest BCUT2D eigenvalue weighted by Crippen LogP contribution is -2.61. The number of aliphatic hydroxyl groups excluding tert-OH is 6. The molecule has 2 rings (SSSR count). The van der Waals surface area contributed by atoms with Crippen LogP contribution in [0.5, 0.6) is 0 Å². The summed E-state index contributed by atoms with van der Waals surface area (Å²) in [5.41, 5.74) is 0. The molecule has 0 aliphatic carbocycles. The van der Waals surface area contributed by atoms with Crippen LogP contribution >= 0.6 is 0 Å². The Balaban J connectivity index is 2.00. The molecule has 0 spiro atoms. The fourth-order valence-corrected chi connectivity index (χ4v) is 2.51. The van der Waals surface area contributed by atoms with Gasteiger partial charge in [0.2, 0.25) is 0 Å². The second kappa shape index (κ2) is 7.27. The molecule has 0 bridgehead atoms. The van der Waals surface area contributed by atoms with Crippen molar-refractivity contribution in [3.8, 4) is 0 Å². The summed E-state index contributed by atoms with van der Waals surface area (Å²) in [6.45, 7) is -0.680. The summed E-state index contributed by atoms with van der Waals surface area (Å²) in [4.78, 5) is 0. The third kappa shape index (κ3) is 3.52. The van der Waals surface area contributed by atoms with Crippen LogP contribution in [0.4, 0.5) is 0 Å². The Hall–Kier alpha value is -0.360. The zero-order valence-electron chi connectivity index (χ0n) is 11.4. The van der Waals surface area contributed by atoms with E-state index in [-0.39, 0.29) is 13.2 Å². The molecule has 0 aromatic carbocycles. The van der Waals surface area contributed by atoms with E-state index in [1.807, 2.05) is 0 Å². The van der Waals surface area contributed by atoms with Crippen molar-refractivity contribution in [3.05, 3.63) is 0 Å². The van der Waals surface area contributed by atoms with Gasteiger partial charge in [-0.25, -0.2) is 0 Å². The molecule has 2 heterocycles. The zero-order valence-corrected chi connectivity index (χ0v) is 11.4. The van der Waals surface area contributed by atoms with Crippen LogP contribution in [0, 0.1) is 0 Å². The summed E-state index contributed by atoms with van der Waals surface area (Å²) in [5, 5.41) is 57.3. The summed E-state index contributed by atoms with van der Waals surface area (Å²) in [7, 11) is 0. The topological polar surface area (TPSA) is 149 Å². The molecule has 2 saturated heterocycles. The lowest BCUT2D eigenvalue weighted by Gasteiger charge is -2.42. The van der Waals surface area contributed by atoms with E-state index in [1.54, 1.807) is 0 Å². The van der Waals surface area contributed by atoms with Crippen molar-refractivity contribution in [2.24, 2.45) is 0 Å². The van der Waals surface area contributed by atoms with Gasteiger partial charge in [-0.15, -0.1) is 0 Å². The highest BCUT2D eigenvalue weighted by molar-refractivity contribution is 4.90. The molecule has 6 N–H and O–H groups in total. The van der Waals surface area contributed by atoms with E-state index in [0.717, 1.165) is 0 Å². The van der Waals surface area contributed by atoms with Crippen molar-refractivity contribution < 1.29 is 44.8 Å². The van der Waals surface area contributed by atoms with E-state index < -0.39 is 55.6 Å². The van der Waals surface area contributed by atoms with Gasteiger partial charge < -0.3 is 44.8 Å². The summed E-state index contributed by atoms with van der Waals surface area (Å²) in [6.07, 6.45) is -9.27. The highest BCUT2D eigenvalue weighted by atomic mass is 16.7. The maximum Gasteiger partial charge on any atom is 0.187 e. The lowest BCUT2D eigenvalue weighted by molar-refractivity contribution is -0.325. The Morgan fingerprint density at radius 3 is 2.14 bits per heavy atom. The standard InChI is InChI=1S/C12H22O9/c13-3-6-8(15)5(1-2-19-6)20-12-11(18)10(17)9(16)7(4-14)21-12/h5-18H,1-4H2/t5-,6-,7-,8+,9-,10+,11+,12+/m1/s1. The van der Waals surface area contributed by atoms with Gasteiger partial charge in [0.15, 0.2) is 6.29 Å². The van der Waals surface area contributed by atoms with Crippen molar-refractivity contribution in [1.29, 1.82) is 0 Å². The quantitative estimate of drug-likeness (QED) is 0.308. The van der Waals surface area contributed by atoms with Crippen molar-refractivity contribution >= 4 is 0 Å². The van der Waals surface area contributed by atoms with Crippen LogP contribution in [0.15, 0.2) is 0 Å². The SMILES string of the molecule is OC[C@H]1OCC[C@@H](O[C@H]2O[C@H](CO)[C@@H](O)[C@H](O)[C@@H]2O)[C@@H]1O. The van der Waals surface area contributed by atoms with Gasteiger partial charge in [0.05, 0.1) is 19.3 Å². The number of hydrogen-bond donors (Lipinski definition) is 6. The molecular weight excluding hydrogens is 288 g/mol. The van der Waals surface area contributed by atoms with E-state index in [1.165, 1.54) is 0 Å². The van der Waals surface area contributed by atoms with Crippen molar-refractivity contribution in [2.45, 2.75) is 55.4 Å². The molecule has 2 aliphatic rings. The Bertz CT molecular complexity index is 326. The summed E-state index contributed by atoms with van der Waals surface area (Å²) in [5.74, 6) is 0. The molecule has 0 saturated carbocycles. The molecule has 0 aromatic heterocycles. The van der Waals surface area contributed by atoms with E-state index >= 15 is 0 Å². The average Bonchev–Trinajstić information content (AvgIpc) is 2.49. The molecule has 2 fully saturated rings. The van der Waals surface area contributed by atoms with Gasteiger partial charge in [-0.05, 0) is 6.42 Å². The first-order chi connectivity index (χ1) is 9.99. The third-order valence-corrected chi connectivity index (χ3v) is 3.83. The van der Waals surface area contributed by atoms with Gasteiger partial charge in [0.25, 0.3) is 0 Å². The fourth-order valence-electron chi connectivity index (χ4n) is 2.51. The van der Waals surface area contributed by atoms with E-state index in [4.69, 9.17) is 24.4 Å². The number of ether oxygens (including phenoxy) is 3. The molecule has 0 unspecified atom stereocenters. The first kappa shape index (κ1) is 17.0. The lowest BCUT2D eigenvalue weighted by atomic mass is 9.98. The van der Waals surface area contributed by atoms with E-state index in [9.17, 15) is 20.4 Å². The van der Waals surface area contributed by atoms with Crippen LogP contribution in [-0.2, 0) is 14.2 Å². The Labute approximate surface area is 121 Å². The van der Waals surface area contributed by atoms with Gasteiger partial charge in [-0.2, -0.15) is 0 Å². The van der Waals surface area contributed by atoms with Gasteiger partial charge in [0, 0.05) is 6.61 Å². The second-order valence-corrected chi connectivity index (χ2v) is 5.24. The maximum absolute atomic E-state index is 9.98. The molecule has 9 nitrogen and oxygen atoms in total. The van der Waals surface area contributed by atoms with Crippen LogP contribution < -0.4 is 0 Å². The highest BCUT2D eigenvalue weighted by Crippen LogP contribution is 2.26. The minimum atomic E-state index is -1.54. The predicted octanol–water partition coefficient (Wildman–Crippen LogP) is -3.69. The summed E-state index contributed by atoms with van der Waals surface area (Å²) < 4.78 is 15.8. The molecule has 0 aromatic rings. The van der Waals surface area contributed by atoms with Crippen LogP contribution in [0.2, 0.25) is 0 Å². The number of rotatable bonds is 4. The largest absolute Gasteiger partial charge is 0.394 e. The summed E-state index contributed by atoms with van der Waals surface area (Å²) in [6, 6.07) is 0. The number of hydrogen-bond acceptors (Lipinski definition) is 9. The van der Waals surface area contributed by atoms with Crippen molar-refractivity contribution in [3.63, 3.8) is 0 Å². The zero-order chi connectivity index (χ0) is 15.6. The Morgan fingerprint density at radius 2 is 1.52 bits per heavy atom. The first-order valence-corrected chi connectivity index (χ1v) is 6.86. The summed E-state index contributed by atoms with van der Waals surface area (Å²) >= 11 is 0. The van der Waals surface area contributed by atoms with Gasteiger partial charge in [0.1, 0.15) is 36.6 Å². The van der Waals surface area contributed by atoms with Gasteiger partial charge >= 0.3 is 0 Å². The van der Waals surface area contributed by atoms with Crippen LogP contribution in [0.3, 0.4) is 0 Å². The minimum absolute atomic E-state index is 0.254. The number of aliphatic hydroxyl groups is 6. The molecule has 21 heavy (non-hydrogen) atoms. The molecule has 8 atom stereocenters. The highest BCUT2D eigenvalue weighted by Gasteiger charge is 2.46.